The molecule has 2 aromatic carbocycles. The average Bonchev–Trinajstić information content (AvgIpc) is 2.78. The average molecular weight is 384 g/mol. The molecule has 0 radical (unpaired) electrons. The molecule has 1 aliphatic carbocycles. The van der Waals surface area contributed by atoms with Crippen molar-refractivity contribution in [1.29, 1.82) is 5.26 Å². The summed E-state index contributed by atoms with van der Waals surface area (Å²) in [6, 6.07) is 19.9. The highest BCUT2D eigenvalue weighted by Gasteiger charge is 2.25. The fourth-order valence-electron chi connectivity index (χ4n) is 3.99. The number of fused-ring (bicyclic) bond motifs is 1. The van der Waals surface area contributed by atoms with Gasteiger partial charge in [0.2, 0.25) is 0 Å². The quantitative estimate of drug-likeness (QED) is 0.589. The fourth-order valence-corrected chi connectivity index (χ4v) is 3.99. The van der Waals surface area contributed by atoms with Crippen LogP contribution in [0.15, 0.2) is 71.8 Å². The van der Waals surface area contributed by atoms with E-state index in [4.69, 9.17) is 4.74 Å². The summed E-state index contributed by atoms with van der Waals surface area (Å²) < 4.78 is 6.25. The van der Waals surface area contributed by atoms with Crippen LogP contribution >= 0.6 is 0 Å². The number of carbonyl (C=O) groups is 1. The van der Waals surface area contributed by atoms with Crippen molar-refractivity contribution in [2.75, 3.05) is 0 Å². The van der Waals surface area contributed by atoms with Crippen molar-refractivity contribution < 1.29 is 9.53 Å². The van der Waals surface area contributed by atoms with E-state index in [0.29, 0.717) is 0 Å². The first-order valence-electron chi connectivity index (χ1n) is 10.2. The van der Waals surface area contributed by atoms with E-state index >= 15 is 0 Å². The van der Waals surface area contributed by atoms with Gasteiger partial charge in [-0.1, -0.05) is 67.8 Å². The number of rotatable bonds is 4. The predicted molar refractivity (Wildman–Crippen MR) is 113 cm³/mol. The Labute approximate surface area is 171 Å². The highest BCUT2D eigenvalue weighted by atomic mass is 16.5. The number of hydrogen-bond donors (Lipinski definition) is 1. The Morgan fingerprint density at radius 1 is 1.03 bits per heavy atom. The zero-order chi connectivity index (χ0) is 20.1. The largest absolute Gasteiger partial charge is 0.480 e. The molecule has 29 heavy (non-hydrogen) atoms. The van der Waals surface area contributed by atoms with E-state index in [-0.39, 0.29) is 23.6 Å². The number of carbonyl (C=O) groups excluding carboxylic acids is 1. The van der Waals surface area contributed by atoms with Gasteiger partial charge in [0.25, 0.3) is 5.91 Å². The minimum atomic E-state index is -0.364. The Hall–Kier alpha value is -3.32. The summed E-state index contributed by atoms with van der Waals surface area (Å²) in [4.78, 5) is 12.7. The van der Waals surface area contributed by atoms with E-state index < -0.39 is 0 Å². The molecule has 4 rings (SSSR count). The summed E-state index contributed by atoms with van der Waals surface area (Å²) >= 11 is 0. The van der Waals surface area contributed by atoms with Gasteiger partial charge in [-0.2, -0.15) is 5.26 Å². The van der Waals surface area contributed by atoms with Crippen molar-refractivity contribution in [2.45, 2.75) is 44.2 Å². The van der Waals surface area contributed by atoms with E-state index in [1.54, 1.807) is 6.08 Å². The lowest BCUT2D eigenvalue weighted by atomic mass is 9.93. The maximum Gasteiger partial charge on any atom is 0.262 e. The summed E-state index contributed by atoms with van der Waals surface area (Å²) in [5, 5.41) is 12.7. The minimum Gasteiger partial charge on any atom is -0.480 e. The van der Waals surface area contributed by atoms with Gasteiger partial charge in [-0.15, -0.1) is 0 Å². The Balaban J connectivity index is 1.65. The fraction of sp³-hybridized carbons (Fsp3) is 0.280. The molecular formula is C25H24N2O2. The highest BCUT2D eigenvalue weighted by molar-refractivity contribution is 5.98. The van der Waals surface area contributed by atoms with Gasteiger partial charge in [-0.3, -0.25) is 4.79 Å². The number of nitriles is 1. The van der Waals surface area contributed by atoms with Gasteiger partial charge < -0.3 is 10.1 Å². The van der Waals surface area contributed by atoms with E-state index in [2.05, 4.69) is 11.4 Å². The van der Waals surface area contributed by atoms with Crippen molar-refractivity contribution in [1.82, 2.24) is 5.32 Å². The molecular weight excluding hydrogens is 360 g/mol. The summed E-state index contributed by atoms with van der Waals surface area (Å²) in [5.41, 5.74) is 2.83. The smallest absolute Gasteiger partial charge is 0.262 e. The van der Waals surface area contributed by atoms with Crippen LogP contribution in [0.25, 0.3) is 6.08 Å². The summed E-state index contributed by atoms with van der Waals surface area (Å²) in [6.45, 7) is 0. The van der Waals surface area contributed by atoms with Crippen LogP contribution in [-0.4, -0.2) is 11.9 Å². The van der Waals surface area contributed by atoms with Crippen molar-refractivity contribution in [3.05, 3.63) is 82.9 Å². The van der Waals surface area contributed by atoms with Crippen LogP contribution in [-0.2, 0) is 4.79 Å². The zero-order valence-corrected chi connectivity index (χ0v) is 16.3. The first kappa shape index (κ1) is 19.0. The molecule has 1 N–H and O–H groups in total. The van der Waals surface area contributed by atoms with Crippen LogP contribution in [0.1, 0.15) is 49.3 Å². The molecule has 146 valence electrons. The van der Waals surface area contributed by atoms with Gasteiger partial charge in [0.15, 0.2) is 0 Å². The second-order valence-corrected chi connectivity index (χ2v) is 7.57. The Bertz CT molecular complexity index is 979. The standard InChI is InChI=1S/C25H24N2O2/c26-17-21(25(28)27-22-12-5-2-6-13-22)16-20-15-19-11-7-8-14-23(19)29-24(20)18-9-3-1-4-10-18/h1,3-4,7-11,14-16,22,24H,2,5-6,12-13H2,(H,27,28). The van der Waals surface area contributed by atoms with E-state index in [1.807, 2.05) is 60.7 Å². The molecule has 2 aliphatic rings. The number of amides is 1. The molecule has 0 bridgehead atoms. The number of benzene rings is 2. The predicted octanol–water partition coefficient (Wildman–Crippen LogP) is 5.10. The molecule has 0 saturated heterocycles. The maximum absolute atomic E-state index is 12.7. The lowest BCUT2D eigenvalue weighted by molar-refractivity contribution is -0.118. The molecule has 1 heterocycles. The first-order chi connectivity index (χ1) is 14.2. The Kier molecular flexibility index (Phi) is 5.76. The molecule has 2 aromatic rings. The van der Waals surface area contributed by atoms with Crippen LogP contribution in [0.5, 0.6) is 5.75 Å². The molecule has 0 aromatic heterocycles. The monoisotopic (exact) mass is 384 g/mol. The number of para-hydroxylation sites is 1. The minimum absolute atomic E-state index is 0.116. The van der Waals surface area contributed by atoms with Crippen LogP contribution in [0.4, 0.5) is 0 Å². The summed E-state index contributed by atoms with van der Waals surface area (Å²) in [7, 11) is 0. The van der Waals surface area contributed by atoms with E-state index in [9.17, 15) is 10.1 Å². The number of nitrogens with one attached hydrogen (secondary N) is 1. The number of nitrogens with zero attached hydrogens (tertiary/aromatic N) is 1. The van der Waals surface area contributed by atoms with Crippen molar-refractivity contribution in [3.8, 4) is 11.8 Å². The lowest BCUT2D eigenvalue weighted by Gasteiger charge is -2.27. The second kappa shape index (κ2) is 8.79. The van der Waals surface area contributed by atoms with Crippen molar-refractivity contribution in [2.24, 2.45) is 0 Å². The van der Waals surface area contributed by atoms with Gasteiger partial charge in [0, 0.05) is 11.6 Å². The molecule has 1 unspecified atom stereocenters. The molecule has 1 atom stereocenters. The molecule has 1 saturated carbocycles. The third-order valence-electron chi connectivity index (χ3n) is 5.51. The van der Waals surface area contributed by atoms with Gasteiger partial charge in [-0.05, 0) is 42.2 Å². The van der Waals surface area contributed by atoms with E-state index in [0.717, 1.165) is 48.1 Å². The molecule has 4 nitrogen and oxygen atoms in total. The highest BCUT2D eigenvalue weighted by Crippen LogP contribution is 2.38. The molecule has 1 aliphatic heterocycles. The Morgan fingerprint density at radius 3 is 2.52 bits per heavy atom. The zero-order valence-electron chi connectivity index (χ0n) is 16.3. The van der Waals surface area contributed by atoms with Gasteiger partial charge in [0.05, 0.1) is 0 Å². The second-order valence-electron chi connectivity index (χ2n) is 7.57. The van der Waals surface area contributed by atoms with Crippen LogP contribution < -0.4 is 10.1 Å². The van der Waals surface area contributed by atoms with Crippen LogP contribution in [0, 0.1) is 11.3 Å². The molecule has 0 spiro atoms. The molecule has 1 fully saturated rings. The molecule has 4 heteroatoms. The van der Waals surface area contributed by atoms with Gasteiger partial charge >= 0.3 is 0 Å². The normalized spacial score (nSPS) is 19.3. The van der Waals surface area contributed by atoms with E-state index in [1.165, 1.54) is 6.42 Å². The molecule has 1 amide bonds. The lowest BCUT2D eigenvalue weighted by Crippen LogP contribution is -2.36. The van der Waals surface area contributed by atoms with Crippen molar-refractivity contribution >= 4 is 12.0 Å². The maximum atomic E-state index is 12.7. The SMILES string of the molecule is N#CC(=CC1=Cc2ccccc2OC1c1ccccc1)C(=O)NC1CCCCC1. The summed E-state index contributed by atoms with van der Waals surface area (Å²) in [5.74, 6) is 0.495. The number of hydrogen-bond acceptors (Lipinski definition) is 3. The Morgan fingerprint density at radius 2 is 1.76 bits per heavy atom. The third kappa shape index (κ3) is 4.41. The van der Waals surface area contributed by atoms with Crippen molar-refractivity contribution in [3.63, 3.8) is 0 Å². The summed E-state index contributed by atoms with van der Waals surface area (Å²) in [6.07, 6.45) is 8.75. The van der Waals surface area contributed by atoms with Crippen LogP contribution in [0.2, 0.25) is 0 Å². The third-order valence-corrected chi connectivity index (χ3v) is 5.51. The van der Waals surface area contributed by atoms with Gasteiger partial charge in [0.1, 0.15) is 23.5 Å². The topological polar surface area (TPSA) is 62.1 Å². The number of ether oxygens (including phenoxy) is 1. The van der Waals surface area contributed by atoms with Crippen LogP contribution in [0.3, 0.4) is 0 Å². The first-order valence-corrected chi connectivity index (χ1v) is 10.2. The van der Waals surface area contributed by atoms with Gasteiger partial charge in [-0.25, -0.2) is 0 Å².